The molecule has 0 aromatic heterocycles. The average Bonchev–Trinajstić information content (AvgIpc) is 2.88. The third-order valence-electron chi connectivity index (χ3n) is 5.12. The van der Waals surface area contributed by atoms with Crippen LogP contribution in [0.1, 0.15) is 51.9 Å². The number of carbonyl (C=O) groups excluding carboxylic acids is 1. The van der Waals surface area contributed by atoms with E-state index in [2.05, 4.69) is 0 Å². The highest BCUT2D eigenvalue weighted by atomic mass is 32.2. The van der Waals surface area contributed by atoms with Gasteiger partial charge in [0.25, 0.3) is 0 Å². The van der Waals surface area contributed by atoms with Crippen molar-refractivity contribution >= 4 is 21.7 Å². The Morgan fingerprint density at radius 2 is 1.72 bits per heavy atom. The van der Waals surface area contributed by atoms with Crippen LogP contribution in [0.15, 0.2) is 0 Å². The van der Waals surface area contributed by atoms with Crippen LogP contribution in [0.4, 0.5) is 0 Å². The highest BCUT2D eigenvalue weighted by molar-refractivity contribution is 7.91. The van der Waals surface area contributed by atoms with Crippen molar-refractivity contribution in [1.29, 1.82) is 0 Å². The molecular weight excluding hydrogens is 344 g/mol. The number of nitrogens with zero attached hydrogens (tertiary/aromatic N) is 2. The minimum absolute atomic E-state index is 0.0436. The van der Waals surface area contributed by atoms with E-state index in [1.54, 1.807) is 9.80 Å². The molecule has 0 aromatic carbocycles. The fourth-order valence-electron chi connectivity index (χ4n) is 4.05. The van der Waals surface area contributed by atoms with Crippen LogP contribution in [-0.2, 0) is 19.4 Å². The van der Waals surface area contributed by atoms with Crippen LogP contribution in [0.25, 0.3) is 0 Å². The van der Waals surface area contributed by atoms with Gasteiger partial charge in [-0.25, -0.2) is 8.42 Å². The first kappa shape index (κ1) is 20.2. The highest BCUT2D eigenvalue weighted by Crippen LogP contribution is 2.28. The van der Waals surface area contributed by atoms with Gasteiger partial charge in [-0.3, -0.25) is 14.5 Å². The van der Waals surface area contributed by atoms with E-state index in [9.17, 15) is 18.0 Å². The maximum absolute atomic E-state index is 13.0. The second-order valence-corrected chi connectivity index (χ2v) is 9.48. The van der Waals surface area contributed by atoms with Crippen molar-refractivity contribution in [2.24, 2.45) is 0 Å². The second kappa shape index (κ2) is 8.98. The van der Waals surface area contributed by atoms with Crippen LogP contribution >= 0.6 is 0 Å². The molecule has 25 heavy (non-hydrogen) atoms. The van der Waals surface area contributed by atoms with Gasteiger partial charge in [0.05, 0.1) is 24.6 Å². The number of hydrogen-bond donors (Lipinski definition) is 1. The number of carbonyl (C=O) groups is 2. The Bertz CT molecular complexity index is 572. The summed E-state index contributed by atoms with van der Waals surface area (Å²) in [4.78, 5) is 27.5. The summed E-state index contributed by atoms with van der Waals surface area (Å²) >= 11 is 0. The molecule has 1 unspecified atom stereocenters. The third-order valence-corrected chi connectivity index (χ3v) is 6.87. The molecule has 1 atom stereocenters. The first-order chi connectivity index (χ1) is 11.8. The van der Waals surface area contributed by atoms with Gasteiger partial charge < -0.3 is 10.0 Å². The smallest absolute Gasteiger partial charge is 0.317 e. The summed E-state index contributed by atoms with van der Waals surface area (Å²) in [6.07, 6.45) is 6.36. The molecule has 1 saturated carbocycles. The van der Waals surface area contributed by atoms with Gasteiger partial charge in [0.1, 0.15) is 0 Å². The summed E-state index contributed by atoms with van der Waals surface area (Å²) in [7, 11) is -3.07. The van der Waals surface area contributed by atoms with E-state index < -0.39 is 15.8 Å². The molecule has 0 spiro atoms. The second-order valence-electron chi connectivity index (χ2n) is 7.25. The first-order valence-electron chi connectivity index (χ1n) is 9.28. The molecule has 1 N–H and O–H groups in total. The van der Waals surface area contributed by atoms with Crippen molar-refractivity contribution in [1.82, 2.24) is 9.80 Å². The molecule has 1 aliphatic heterocycles. The van der Waals surface area contributed by atoms with Crippen LogP contribution in [0.3, 0.4) is 0 Å². The standard InChI is InChI=1S/C17H30N2O5S/c1-2-9-18(12-17(21)22)11-16(20)19(14-6-4-3-5-7-14)15-8-10-25(23,24)13-15/h14-15H,2-13H2,1H3,(H,21,22). The molecule has 2 aliphatic rings. The average molecular weight is 375 g/mol. The number of aliphatic carboxylic acids is 1. The van der Waals surface area contributed by atoms with Gasteiger partial charge >= 0.3 is 5.97 Å². The van der Waals surface area contributed by atoms with Gasteiger partial charge in [0.15, 0.2) is 9.84 Å². The molecule has 2 rings (SSSR count). The predicted octanol–water partition coefficient (Wildman–Crippen LogP) is 1.13. The van der Waals surface area contributed by atoms with E-state index in [1.807, 2.05) is 6.92 Å². The SMILES string of the molecule is CCCN(CC(=O)O)CC(=O)N(C1CCCCC1)C1CCS(=O)(=O)C1. The molecule has 1 amide bonds. The first-order valence-corrected chi connectivity index (χ1v) is 11.1. The maximum atomic E-state index is 13.0. The van der Waals surface area contributed by atoms with Gasteiger partial charge in [-0.15, -0.1) is 0 Å². The zero-order valence-electron chi connectivity index (χ0n) is 15.0. The summed E-state index contributed by atoms with van der Waals surface area (Å²) in [5, 5.41) is 9.04. The number of rotatable bonds is 8. The summed E-state index contributed by atoms with van der Waals surface area (Å²) in [5.41, 5.74) is 0. The van der Waals surface area contributed by atoms with E-state index >= 15 is 0 Å². The van der Waals surface area contributed by atoms with Crippen LogP contribution in [0.2, 0.25) is 0 Å². The van der Waals surface area contributed by atoms with Crippen LogP contribution in [-0.4, -0.2) is 78.4 Å². The molecule has 1 aliphatic carbocycles. The molecule has 7 nitrogen and oxygen atoms in total. The summed E-state index contributed by atoms with van der Waals surface area (Å²) < 4.78 is 23.8. The van der Waals surface area contributed by atoms with E-state index in [0.29, 0.717) is 13.0 Å². The monoisotopic (exact) mass is 374 g/mol. The van der Waals surface area contributed by atoms with Crippen LogP contribution in [0, 0.1) is 0 Å². The summed E-state index contributed by atoms with van der Waals surface area (Å²) in [5.74, 6) is -0.887. The van der Waals surface area contributed by atoms with E-state index in [4.69, 9.17) is 5.11 Å². The Balaban J connectivity index is 2.12. The van der Waals surface area contributed by atoms with Gasteiger partial charge in [0, 0.05) is 12.1 Å². The maximum Gasteiger partial charge on any atom is 0.317 e. The molecule has 144 valence electrons. The summed E-state index contributed by atoms with van der Waals surface area (Å²) in [6.45, 7) is 2.37. The third kappa shape index (κ3) is 5.95. The van der Waals surface area contributed by atoms with Crippen molar-refractivity contribution in [2.75, 3.05) is 31.1 Å². The fourth-order valence-corrected chi connectivity index (χ4v) is 5.77. The summed E-state index contributed by atoms with van der Waals surface area (Å²) in [6, 6.07) is -0.165. The Morgan fingerprint density at radius 1 is 1.04 bits per heavy atom. The normalized spacial score (nSPS) is 23.7. The lowest BCUT2D eigenvalue weighted by Crippen LogP contribution is -2.52. The van der Waals surface area contributed by atoms with Gasteiger partial charge in [-0.1, -0.05) is 26.2 Å². The quantitative estimate of drug-likeness (QED) is 0.684. The van der Waals surface area contributed by atoms with E-state index in [1.165, 1.54) is 0 Å². The predicted molar refractivity (Wildman–Crippen MR) is 95.1 cm³/mol. The Labute approximate surface area is 150 Å². The Morgan fingerprint density at radius 3 is 2.24 bits per heavy atom. The zero-order chi connectivity index (χ0) is 18.4. The lowest BCUT2D eigenvalue weighted by molar-refractivity contribution is -0.141. The molecular formula is C17H30N2O5S. The van der Waals surface area contributed by atoms with Crippen LogP contribution in [0.5, 0.6) is 0 Å². The number of sulfone groups is 1. The van der Waals surface area contributed by atoms with Gasteiger partial charge in [-0.05, 0) is 32.2 Å². The zero-order valence-corrected chi connectivity index (χ0v) is 15.8. The van der Waals surface area contributed by atoms with E-state index in [0.717, 1.165) is 38.5 Å². The molecule has 0 radical (unpaired) electrons. The van der Waals surface area contributed by atoms with Gasteiger partial charge in [0.2, 0.25) is 5.91 Å². The topological polar surface area (TPSA) is 95.0 Å². The molecule has 1 heterocycles. The molecule has 8 heteroatoms. The number of carboxylic acid groups (broad SMARTS) is 1. The molecule has 1 saturated heterocycles. The molecule has 0 aromatic rings. The molecule has 2 fully saturated rings. The van der Waals surface area contributed by atoms with Crippen molar-refractivity contribution in [3.63, 3.8) is 0 Å². The number of hydrogen-bond acceptors (Lipinski definition) is 5. The van der Waals surface area contributed by atoms with Crippen molar-refractivity contribution in [2.45, 2.75) is 64.0 Å². The van der Waals surface area contributed by atoms with Crippen molar-refractivity contribution in [3.05, 3.63) is 0 Å². The minimum atomic E-state index is -3.07. The van der Waals surface area contributed by atoms with Crippen molar-refractivity contribution in [3.8, 4) is 0 Å². The van der Waals surface area contributed by atoms with E-state index in [-0.39, 0.29) is 42.6 Å². The fraction of sp³-hybridized carbons (Fsp3) is 0.882. The molecule has 0 bridgehead atoms. The number of amides is 1. The van der Waals surface area contributed by atoms with Crippen LogP contribution < -0.4 is 0 Å². The lowest BCUT2D eigenvalue weighted by atomic mass is 9.92. The highest BCUT2D eigenvalue weighted by Gasteiger charge is 2.38. The Kier molecular flexibility index (Phi) is 7.25. The minimum Gasteiger partial charge on any atom is -0.480 e. The van der Waals surface area contributed by atoms with Crippen molar-refractivity contribution < 1.29 is 23.1 Å². The lowest BCUT2D eigenvalue weighted by Gasteiger charge is -2.39. The van der Waals surface area contributed by atoms with Gasteiger partial charge in [-0.2, -0.15) is 0 Å². The Hall–Kier alpha value is -1.15. The largest absolute Gasteiger partial charge is 0.480 e. The number of carboxylic acids is 1.